The quantitative estimate of drug-likeness (QED) is 0.556. The van der Waals surface area contributed by atoms with Gasteiger partial charge >= 0.3 is 0 Å². The summed E-state index contributed by atoms with van der Waals surface area (Å²) in [5, 5.41) is 14.5. The summed E-state index contributed by atoms with van der Waals surface area (Å²) in [5.74, 6) is 0. The van der Waals surface area contributed by atoms with E-state index in [0.29, 0.717) is 6.67 Å². The van der Waals surface area contributed by atoms with Crippen LogP contribution in [0.15, 0.2) is 23.2 Å². The zero-order chi connectivity index (χ0) is 11.7. The number of nitro benzene ring substituents is 1. The predicted molar refractivity (Wildman–Crippen MR) is 61.7 cm³/mol. The molecule has 1 aliphatic rings. The Bertz CT molecular complexity index is 456. The SMILES string of the molecule is CN(C)N1CN=Cc2cc([N+](=O)[O-])ccc21. The van der Waals surface area contributed by atoms with Gasteiger partial charge in [0.05, 0.1) is 10.6 Å². The van der Waals surface area contributed by atoms with E-state index in [1.165, 1.54) is 12.1 Å². The number of nitrogens with zero attached hydrogens (tertiary/aromatic N) is 4. The van der Waals surface area contributed by atoms with E-state index in [2.05, 4.69) is 4.99 Å². The van der Waals surface area contributed by atoms with E-state index in [0.717, 1.165) is 11.3 Å². The smallest absolute Gasteiger partial charge is 0.270 e. The van der Waals surface area contributed by atoms with E-state index in [1.54, 1.807) is 12.3 Å². The Labute approximate surface area is 92.9 Å². The van der Waals surface area contributed by atoms with Crippen LogP contribution in [0.3, 0.4) is 0 Å². The Morgan fingerprint density at radius 1 is 1.50 bits per heavy atom. The number of nitro groups is 1. The molecule has 0 bridgehead atoms. The van der Waals surface area contributed by atoms with Gasteiger partial charge in [0.1, 0.15) is 6.67 Å². The Balaban J connectivity index is 2.45. The van der Waals surface area contributed by atoms with E-state index >= 15 is 0 Å². The summed E-state index contributed by atoms with van der Waals surface area (Å²) >= 11 is 0. The molecule has 0 aliphatic carbocycles. The summed E-state index contributed by atoms with van der Waals surface area (Å²) in [6, 6.07) is 4.79. The van der Waals surface area contributed by atoms with Crippen LogP contribution in [0, 0.1) is 10.1 Å². The van der Waals surface area contributed by atoms with E-state index < -0.39 is 4.92 Å². The van der Waals surface area contributed by atoms with Crippen LogP contribution in [-0.4, -0.2) is 36.9 Å². The van der Waals surface area contributed by atoms with E-state index in [-0.39, 0.29) is 5.69 Å². The monoisotopic (exact) mass is 220 g/mol. The van der Waals surface area contributed by atoms with Gasteiger partial charge < -0.3 is 0 Å². The Hall–Kier alpha value is -1.95. The van der Waals surface area contributed by atoms with Gasteiger partial charge in [0.25, 0.3) is 5.69 Å². The average molecular weight is 220 g/mol. The minimum Gasteiger partial charge on any atom is -0.284 e. The molecule has 2 rings (SSSR count). The van der Waals surface area contributed by atoms with Crippen LogP contribution in [0.25, 0.3) is 0 Å². The molecule has 1 aromatic rings. The standard InChI is InChI=1S/C10H12N4O2/c1-12(2)13-7-11-6-8-5-9(14(15)16)3-4-10(8)13/h3-6H,7H2,1-2H3. The first-order chi connectivity index (χ1) is 7.59. The van der Waals surface area contributed by atoms with Gasteiger partial charge in [-0.1, -0.05) is 0 Å². The molecule has 0 radical (unpaired) electrons. The molecule has 6 heteroatoms. The van der Waals surface area contributed by atoms with Crippen LogP contribution in [0.2, 0.25) is 0 Å². The molecule has 1 aliphatic heterocycles. The third-order valence-electron chi connectivity index (χ3n) is 2.43. The topological polar surface area (TPSA) is 62.0 Å². The van der Waals surface area contributed by atoms with Crippen LogP contribution in [0.5, 0.6) is 0 Å². The molecule has 0 aromatic heterocycles. The maximum Gasteiger partial charge on any atom is 0.270 e. The predicted octanol–water partition coefficient (Wildman–Crippen LogP) is 1.27. The van der Waals surface area contributed by atoms with Crippen molar-refractivity contribution in [3.05, 3.63) is 33.9 Å². The molecular weight excluding hydrogens is 208 g/mol. The first kappa shape index (κ1) is 10.6. The first-order valence-electron chi connectivity index (χ1n) is 4.82. The van der Waals surface area contributed by atoms with Crippen molar-refractivity contribution in [2.75, 3.05) is 25.8 Å². The third kappa shape index (κ3) is 1.74. The van der Waals surface area contributed by atoms with Crippen LogP contribution < -0.4 is 5.01 Å². The lowest BCUT2D eigenvalue weighted by Crippen LogP contribution is -2.39. The summed E-state index contributed by atoms with van der Waals surface area (Å²) in [7, 11) is 3.82. The van der Waals surface area contributed by atoms with Crippen molar-refractivity contribution >= 4 is 17.6 Å². The molecule has 0 amide bonds. The van der Waals surface area contributed by atoms with Crippen molar-refractivity contribution in [3.63, 3.8) is 0 Å². The fraction of sp³-hybridized carbons (Fsp3) is 0.300. The number of anilines is 1. The van der Waals surface area contributed by atoms with Crippen molar-refractivity contribution in [1.29, 1.82) is 0 Å². The second kappa shape index (κ2) is 3.90. The molecule has 6 nitrogen and oxygen atoms in total. The molecule has 0 fully saturated rings. The Morgan fingerprint density at radius 3 is 2.88 bits per heavy atom. The molecule has 1 aromatic carbocycles. The molecule has 0 spiro atoms. The van der Waals surface area contributed by atoms with E-state index in [1.807, 2.05) is 24.1 Å². The summed E-state index contributed by atoms with van der Waals surface area (Å²) < 4.78 is 0. The Morgan fingerprint density at radius 2 is 2.25 bits per heavy atom. The maximum atomic E-state index is 10.6. The first-order valence-corrected chi connectivity index (χ1v) is 4.82. The largest absolute Gasteiger partial charge is 0.284 e. The van der Waals surface area contributed by atoms with E-state index in [4.69, 9.17) is 0 Å². The second-order valence-electron chi connectivity index (χ2n) is 3.70. The molecule has 84 valence electrons. The fourth-order valence-corrected chi connectivity index (χ4v) is 1.63. The van der Waals surface area contributed by atoms with Crippen molar-refractivity contribution < 1.29 is 4.92 Å². The normalized spacial score (nSPS) is 14.1. The van der Waals surface area contributed by atoms with Gasteiger partial charge in [-0.3, -0.25) is 20.1 Å². The van der Waals surface area contributed by atoms with Crippen molar-refractivity contribution in [1.82, 2.24) is 5.01 Å². The lowest BCUT2D eigenvalue weighted by atomic mass is 10.1. The Kier molecular flexibility index (Phi) is 2.57. The number of benzene rings is 1. The lowest BCUT2D eigenvalue weighted by Gasteiger charge is -2.32. The number of hydrogen-bond acceptors (Lipinski definition) is 5. The molecule has 0 N–H and O–H groups in total. The van der Waals surface area contributed by atoms with Crippen molar-refractivity contribution in [2.24, 2.45) is 4.99 Å². The van der Waals surface area contributed by atoms with Gasteiger partial charge in [-0.2, -0.15) is 0 Å². The van der Waals surface area contributed by atoms with Crippen LogP contribution in [-0.2, 0) is 0 Å². The highest BCUT2D eigenvalue weighted by Gasteiger charge is 2.18. The van der Waals surface area contributed by atoms with Crippen LogP contribution in [0.4, 0.5) is 11.4 Å². The number of rotatable bonds is 2. The average Bonchev–Trinajstić information content (AvgIpc) is 2.27. The van der Waals surface area contributed by atoms with E-state index in [9.17, 15) is 10.1 Å². The maximum absolute atomic E-state index is 10.6. The zero-order valence-corrected chi connectivity index (χ0v) is 9.12. The van der Waals surface area contributed by atoms with Gasteiger partial charge in [0.2, 0.25) is 0 Å². The number of aliphatic imine (C=N–C) groups is 1. The number of fused-ring (bicyclic) bond motifs is 1. The van der Waals surface area contributed by atoms with Gasteiger partial charge in [0.15, 0.2) is 0 Å². The number of hydrazine groups is 1. The van der Waals surface area contributed by atoms with Crippen LogP contribution >= 0.6 is 0 Å². The molecule has 1 heterocycles. The van der Waals surface area contributed by atoms with Gasteiger partial charge in [-0.05, 0) is 6.07 Å². The zero-order valence-electron chi connectivity index (χ0n) is 9.12. The summed E-state index contributed by atoms with van der Waals surface area (Å²) in [6.07, 6.45) is 1.67. The number of non-ortho nitro benzene ring substituents is 1. The van der Waals surface area contributed by atoms with Gasteiger partial charge in [0, 0.05) is 38.0 Å². The van der Waals surface area contributed by atoms with Crippen molar-refractivity contribution in [3.8, 4) is 0 Å². The molecule has 0 saturated carbocycles. The highest BCUT2D eigenvalue weighted by Crippen LogP contribution is 2.26. The minimum absolute atomic E-state index is 0.0887. The summed E-state index contributed by atoms with van der Waals surface area (Å²) in [4.78, 5) is 14.4. The van der Waals surface area contributed by atoms with Crippen LogP contribution in [0.1, 0.15) is 5.56 Å². The fourth-order valence-electron chi connectivity index (χ4n) is 1.63. The molecule has 0 saturated heterocycles. The number of hydrogen-bond donors (Lipinski definition) is 0. The molecule has 0 atom stereocenters. The lowest BCUT2D eigenvalue weighted by molar-refractivity contribution is -0.384. The second-order valence-corrected chi connectivity index (χ2v) is 3.70. The summed E-state index contributed by atoms with van der Waals surface area (Å²) in [6.45, 7) is 0.539. The minimum atomic E-state index is -0.400. The van der Waals surface area contributed by atoms with Gasteiger partial charge in [-0.25, -0.2) is 5.01 Å². The molecule has 16 heavy (non-hydrogen) atoms. The highest BCUT2D eigenvalue weighted by molar-refractivity contribution is 5.90. The molecular formula is C10H12N4O2. The third-order valence-corrected chi connectivity index (χ3v) is 2.43. The highest BCUT2D eigenvalue weighted by atomic mass is 16.6. The summed E-state index contributed by atoms with van der Waals surface area (Å²) in [5.41, 5.74) is 1.80. The molecule has 0 unspecified atom stereocenters. The van der Waals surface area contributed by atoms with Gasteiger partial charge in [-0.15, -0.1) is 0 Å². The van der Waals surface area contributed by atoms with Crippen molar-refractivity contribution in [2.45, 2.75) is 0 Å².